The van der Waals surface area contributed by atoms with Gasteiger partial charge in [0, 0.05) is 0 Å². The van der Waals surface area contributed by atoms with E-state index in [2.05, 4.69) is 41.5 Å². The first-order valence-corrected chi connectivity index (χ1v) is 9.76. The number of carbonyl (C=O) groups is 1. The second-order valence-electron chi connectivity index (χ2n) is 5.77. The molecular formula is C18H19N3O2S2. The summed E-state index contributed by atoms with van der Waals surface area (Å²) in [4.78, 5) is 13.1. The van der Waals surface area contributed by atoms with Crippen molar-refractivity contribution in [3.05, 3.63) is 52.4 Å². The number of nitrogens with zero attached hydrogens (tertiary/aromatic N) is 2. The van der Waals surface area contributed by atoms with E-state index in [1.807, 2.05) is 30.5 Å². The molecule has 0 fully saturated rings. The normalized spacial score (nSPS) is 12.1. The van der Waals surface area contributed by atoms with Crippen molar-refractivity contribution in [1.29, 1.82) is 0 Å². The first-order chi connectivity index (χ1) is 12.0. The van der Waals surface area contributed by atoms with E-state index < -0.39 is 0 Å². The Labute approximate surface area is 154 Å². The number of aromatic nitrogens is 2. The molecule has 1 unspecified atom stereocenters. The molecule has 7 heteroatoms. The van der Waals surface area contributed by atoms with Crippen molar-refractivity contribution in [2.45, 2.75) is 32.0 Å². The molecule has 2 aromatic heterocycles. The Morgan fingerprint density at radius 2 is 2.12 bits per heavy atom. The second kappa shape index (κ2) is 7.84. The van der Waals surface area contributed by atoms with Crippen LogP contribution in [0.5, 0.6) is 0 Å². The SMILES string of the molecule is Cc1ccc(C(C)NC(=O)CSc2nnc(-c3cccs3)o2)cc1C. The molecule has 0 aliphatic rings. The number of rotatable bonds is 6. The molecule has 3 aromatic rings. The molecular weight excluding hydrogens is 354 g/mol. The van der Waals surface area contributed by atoms with Gasteiger partial charge in [-0.2, -0.15) is 0 Å². The lowest BCUT2D eigenvalue weighted by molar-refractivity contribution is -0.119. The highest BCUT2D eigenvalue weighted by Crippen LogP contribution is 2.26. The average Bonchev–Trinajstić information content (AvgIpc) is 3.26. The summed E-state index contributed by atoms with van der Waals surface area (Å²) in [6.07, 6.45) is 0. The van der Waals surface area contributed by atoms with E-state index in [0.717, 1.165) is 10.4 Å². The van der Waals surface area contributed by atoms with Crippen LogP contribution in [0.25, 0.3) is 10.8 Å². The Balaban J connectivity index is 1.53. The zero-order valence-electron chi connectivity index (χ0n) is 14.3. The smallest absolute Gasteiger partial charge is 0.277 e. The van der Waals surface area contributed by atoms with Crippen LogP contribution in [0, 0.1) is 13.8 Å². The van der Waals surface area contributed by atoms with Gasteiger partial charge in [0.05, 0.1) is 16.7 Å². The predicted octanol–water partition coefficient (Wildman–Crippen LogP) is 4.38. The third kappa shape index (κ3) is 4.49. The van der Waals surface area contributed by atoms with Crippen LogP contribution in [0.3, 0.4) is 0 Å². The third-order valence-corrected chi connectivity index (χ3v) is 5.55. The molecule has 0 radical (unpaired) electrons. The van der Waals surface area contributed by atoms with Gasteiger partial charge in [-0.1, -0.05) is 36.0 Å². The maximum Gasteiger partial charge on any atom is 0.277 e. The number of hydrogen-bond donors (Lipinski definition) is 1. The molecule has 25 heavy (non-hydrogen) atoms. The van der Waals surface area contributed by atoms with Crippen molar-refractivity contribution in [1.82, 2.24) is 15.5 Å². The Bertz CT molecular complexity index is 859. The van der Waals surface area contributed by atoms with Crippen molar-refractivity contribution in [2.75, 3.05) is 5.75 Å². The van der Waals surface area contributed by atoms with E-state index in [1.165, 1.54) is 34.2 Å². The minimum Gasteiger partial charge on any atom is -0.410 e. The molecule has 1 N–H and O–H groups in total. The van der Waals surface area contributed by atoms with Gasteiger partial charge in [0.25, 0.3) is 11.1 Å². The van der Waals surface area contributed by atoms with E-state index in [0.29, 0.717) is 11.1 Å². The molecule has 0 bridgehead atoms. The van der Waals surface area contributed by atoms with Gasteiger partial charge in [-0.25, -0.2) is 0 Å². The van der Waals surface area contributed by atoms with Gasteiger partial charge in [0.1, 0.15) is 0 Å². The Morgan fingerprint density at radius 1 is 1.28 bits per heavy atom. The second-order valence-corrected chi connectivity index (χ2v) is 7.65. The molecule has 0 saturated heterocycles. The van der Waals surface area contributed by atoms with Gasteiger partial charge in [-0.15, -0.1) is 21.5 Å². The predicted molar refractivity (Wildman–Crippen MR) is 101 cm³/mol. The van der Waals surface area contributed by atoms with Crippen LogP contribution in [0.4, 0.5) is 0 Å². The van der Waals surface area contributed by atoms with E-state index in [9.17, 15) is 4.79 Å². The maximum atomic E-state index is 12.2. The van der Waals surface area contributed by atoms with Crippen LogP contribution in [-0.4, -0.2) is 21.9 Å². The van der Waals surface area contributed by atoms with Crippen molar-refractivity contribution >= 4 is 29.0 Å². The van der Waals surface area contributed by atoms with Gasteiger partial charge < -0.3 is 9.73 Å². The summed E-state index contributed by atoms with van der Waals surface area (Å²) in [6, 6.07) is 10.0. The fourth-order valence-electron chi connectivity index (χ4n) is 2.30. The molecule has 130 valence electrons. The van der Waals surface area contributed by atoms with E-state index in [1.54, 1.807) is 0 Å². The van der Waals surface area contributed by atoms with Gasteiger partial charge in [-0.05, 0) is 48.9 Å². The van der Waals surface area contributed by atoms with Crippen LogP contribution in [0.15, 0.2) is 45.4 Å². The summed E-state index contributed by atoms with van der Waals surface area (Å²) in [7, 11) is 0. The summed E-state index contributed by atoms with van der Waals surface area (Å²) in [5.41, 5.74) is 3.56. The number of aryl methyl sites for hydroxylation is 2. The zero-order chi connectivity index (χ0) is 17.8. The highest BCUT2D eigenvalue weighted by atomic mass is 32.2. The number of nitrogens with one attached hydrogen (secondary N) is 1. The zero-order valence-corrected chi connectivity index (χ0v) is 15.9. The van der Waals surface area contributed by atoms with Crippen LogP contribution in [0.2, 0.25) is 0 Å². The first-order valence-electron chi connectivity index (χ1n) is 7.89. The van der Waals surface area contributed by atoms with Crippen LogP contribution < -0.4 is 5.32 Å². The number of benzene rings is 1. The fraction of sp³-hybridized carbons (Fsp3) is 0.278. The molecule has 0 spiro atoms. The minimum absolute atomic E-state index is 0.0447. The van der Waals surface area contributed by atoms with Crippen molar-refractivity contribution in [2.24, 2.45) is 0 Å². The number of amides is 1. The van der Waals surface area contributed by atoms with E-state index >= 15 is 0 Å². The fourth-order valence-corrected chi connectivity index (χ4v) is 3.51. The summed E-state index contributed by atoms with van der Waals surface area (Å²) in [6.45, 7) is 6.13. The molecule has 2 heterocycles. The molecule has 1 atom stereocenters. The summed E-state index contributed by atoms with van der Waals surface area (Å²) in [5, 5.41) is 13.3. The molecule has 1 aromatic carbocycles. The van der Waals surface area contributed by atoms with Gasteiger partial charge >= 0.3 is 0 Å². The topological polar surface area (TPSA) is 68.0 Å². The highest BCUT2D eigenvalue weighted by molar-refractivity contribution is 7.99. The highest BCUT2D eigenvalue weighted by Gasteiger charge is 2.14. The van der Waals surface area contributed by atoms with Crippen molar-refractivity contribution in [3.8, 4) is 10.8 Å². The summed E-state index contributed by atoms with van der Waals surface area (Å²) >= 11 is 2.78. The Hall–Kier alpha value is -2.12. The van der Waals surface area contributed by atoms with Crippen molar-refractivity contribution in [3.63, 3.8) is 0 Å². The maximum absolute atomic E-state index is 12.2. The Kier molecular flexibility index (Phi) is 5.55. The lowest BCUT2D eigenvalue weighted by Crippen LogP contribution is -2.28. The number of thiophene rings is 1. The Morgan fingerprint density at radius 3 is 2.84 bits per heavy atom. The van der Waals surface area contributed by atoms with Gasteiger partial charge in [0.15, 0.2) is 0 Å². The number of carbonyl (C=O) groups excluding carboxylic acids is 1. The minimum atomic E-state index is -0.0633. The lowest BCUT2D eigenvalue weighted by Gasteiger charge is -2.15. The number of thioether (sulfide) groups is 1. The van der Waals surface area contributed by atoms with Gasteiger partial charge in [0.2, 0.25) is 5.91 Å². The summed E-state index contributed by atoms with van der Waals surface area (Å²) < 4.78 is 5.57. The van der Waals surface area contributed by atoms with Crippen LogP contribution in [-0.2, 0) is 4.79 Å². The first kappa shape index (κ1) is 17.7. The van der Waals surface area contributed by atoms with Crippen LogP contribution in [0.1, 0.15) is 29.7 Å². The third-order valence-electron chi connectivity index (χ3n) is 3.87. The molecule has 1 amide bonds. The molecule has 0 aliphatic carbocycles. The molecule has 3 rings (SSSR count). The van der Waals surface area contributed by atoms with E-state index in [4.69, 9.17) is 4.42 Å². The monoisotopic (exact) mass is 373 g/mol. The molecule has 0 aliphatic heterocycles. The quantitative estimate of drug-likeness (QED) is 0.649. The average molecular weight is 374 g/mol. The molecule has 0 saturated carbocycles. The molecule has 5 nitrogen and oxygen atoms in total. The van der Waals surface area contributed by atoms with Crippen LogP contribution >= 0.6 is 23.1 Å². The van der Waals surface area contributed by atoms with E-state index in [-0.39, 0.29) is 17.7 Å². The summed E-state index contributed by atoms with van der Waals surface area (Å²) in [5.74, 6) is 0.661. The van der Waals surface area contributed by atoms with Crippen molar-refractivity contribution < 1.29 is 9.21 Å². The van der Waals surface area contributed by atoms with Gasteiger partial charge in [-0.3, -0.25) is 4.79 Å². The largest absolute Gasteiger partial charge is 0.410 e. The number of hydrogen-bond acceptors (Lipinski definition) is 6. The standard InChI is InChI=1S/C18H19N3O2S2/c1-11-6-7-14(9-12(11)2)13(3)19-16(22)10-25-18-21-20-17(23-18)15-5-4-8-24-15/h4-9,13H,10H2,1-3H3,(H,19,22). The lowest BCUT2D eigenvalue weighted by atomic mass is 10.0.